The number of allylic oxidation sites excluding steroid dienone is 2. The third-order valence-electron chi connectivity index (χ3n) is 12.0. The van der Waals surface area contributed by atoms with Gasteiger partial charge in [0.05, 0.1) is 12.2 Å². The molecule has 222 valence electrons. The second-order valence-corrected chi connectivity index (χ2v) is 15.2. The van der Waals surface area contributed by atoms with Gasteiger partial charge in [0.15, 0.2) is 0 Å². The van der Waals surface area contributed by atoms with Crippen LogP contribution in [0.15, 0.2) is 11.6 Å². The molecule has 10 heteroatoms. The van der Waals surface area contributed by atoms with E-state index < -0.39 is 40.1 Å². The van der Waals surface area contributed by atoms with Gasteiger partial charge in [-0.2, -0.15) is 0 Å². The van der Waals surface area contributed by atoms with Crippen LogP contribution in [0.4, 0.5) is 0 Å². The van der Waals surface area contributed by atoms with Gasteiger partial charge in [0, 0.05) is 6.92 Å². The number of ether oxygens (including phenoxy) is 2. The molecule has 1 heterocycles. The Labute approximate surface area is 262 Å². The number of rotatable bonds is 7. The van der Waals surface area contributed by atoms with Crippen molar-refractivity contribution in [1.29, 1.82) is 0 Å². The Morgan fingerprint density at radius 3 is 2.35 bits per heavy atom. The third kappa shape index (κ3) is 5.64. The van der Waals surface area contributed by atoms with Crippen molar-refractivity contribution >= 4 is 16.4 Å². The maximum absolute atomic E-state index is 11.9. The van der Waals surface area contributed by atoms with Gasteiger partial charge in [0.2, 0.25) is 10.4 Å². The molecule has 0 aromatic rings. The number of carbonyl (C=O) groups excluding carboxylic acids is 1. The molecule has 1 saturated heterocycles. The fraction of sp³-hybridized carbons (Fsp3) is 0.900. The van der Waals surface area contributed by atoms with E-state index in [1.165, 1.54) is 18.9 Å². The molecule has 1 aliphatic heterocycles. The van der Waals surface area contributed by atoms with Crippen molar-refractivity contribution in [3.8, 4) is 0 Å². The van der Waals surface area contributed by atoms with Crippen LogP contribution in [0.25, 0.3) is 0 Å². The summed E-state index contributed by atoms with van der Waals surface area (Å²) >= 11 is 0. The zero-order valence-electron chi connectivity index (χ0n) is 25.5. The van der Waals surface area contributed by atoms with Gasteiger partial charge < -0.3 is 19.1 Å². The van der Waals surface area contributed by atoms with Crippen molar-refractivity contribution in [3.63, 3.8) is 0 Å². The summed E-state index contributed by atoms with van der Waals surface area (Å²) in [4.78, 5) is 11.9. The molecule has 3 saturated carbocycles. The van der Waals surface area contributed by atoms with E-state index >= 15 is 0 Å². The summed E-state index contributed by atoms with van der Waals surface area (Å²) in [6.07, 6.45) is 4.62. The van der Waals surface area contributed by atoms with Crippen LogP contribution >= 0.6 is 0 Å². The van der Waals surface area contributed by atoms with E-state index in [9.17, 15) is 22.9 Å². The maximum atomic E-state index is 11.9. The van der Waals surface area contributed by atoms with Crippen LogP contribution in [0.5, 0.6) is 0 Å². The van der Waals surface area contributed by atoms with E-state index in [1.807, 2.05) is 0 Å². The Balaban J connectivity index is 0.00000370. The summed E-state index contributed by atoms with van der Waals surface area (Å²) in [5.74, 6) is 1.90. The van der Waals surface area contributed by atoms with Crippen molar-refractivity contribution in [1.82, 2.24) is 0 Å². The first-order valence-electron chi connectivity index (χ1n) is 14.9. The smallest absolute Gasteiger partial charge is 0.726 e. The monoisotopic (exact) mass is 590 g/mol. The summed E-state index contributed by atoms with van der Waals surface area (Å²) in [5.41, 5.74) is 1.13. The molecule has 0 aromatic carbocycles. The molecule has 4 aliphatic carbocycles. The first-order chi connectivity index (χ1) is 18.1. The summed E-state index contributed by atoms with van der Waals surface area (Å²) in [7, 11) is -5.06. The van der Waals surface area contributed by atoms with Gasteiger partial charge in [0.1, 0.15) is 18.3 Å². The molecule has 5 aliphatic rings. The van der Waals surface area contributed by atoms with Crippen LogP contribution < -0.4 is 29.6 Å². The summed E-state index contributed by atoms with van der Waals surface area (Å²) in [6, 6.07) is 0. The van der Waals surface area contributed by atoms with Crippen LogP contribution in [-0.4, -0.2) is 54.6 Å². The topological polar surface area (TPSA) is 125 Å². The second-order valence-electron chi connectivity index (χ2n) is 14.2. The SMILES string of the molecule is CC(=O)O[C@@H]1C[C@@]2(C)C(CC=C3[C@@H]4CC[C@H]([C@H](C)[C@@H]5O[C@H]5[C@H](C)C(C)C)[C@@]4(C)CC[C@@H]32)[C@H](OS(=O)(=O)[O-])[C@H]1O.[Na+]. The van der Waals surface area contributed by atoms with Crippen LogP contribution in [-0.2, 0) is 28.9 Å². The number of fused-ring (bicyclic) bond motifs is 5. The molecule has 13 atom stereocenters. The Morgan fingerprint density at radius 2 is 1.75 bits per heavy atom. The largest absolute Gasteiger partial charge is 1.00 e. The Morgan fingerprint density at radius 1 is 1.10 bits per heavy atom. The minimum absolute atomic E-state index is 0. The summed E-state index contributed by atoms with van der Waals surface area (Å²) in [6.45, 7) is 15.1. The minimum atomic E-state index is -5.06. The third-order valence-corrected chi connectivity index (χ3v) is 12.5. The molecular formula is C30H47NaO8S. The average molecular weight is 591 g/mol. The van der Waals surface area contributed by atoms with E-state index in [0.29, 0.717) is 54.6 Å². The Hall–Kier alpha value is -0.000000000000000222. The fourth-order valence-corrected chi connectivity index (χ4v) is 10.2. The van der Waals surface area contributed by atoms with Gasteiger partial charge in [-0.3, -0.25) is 8.98 Å². The van der Waals surface area contributed by atoms with Gasteiger partial charge in [-0.15, -0.1) is 0 Å². The molecule has 1 unspecified atom stereocenters. The summed E-state index contributed by atoms with van der Waals surface area (Å²) < 4.78 is 51.7. The average Bonchev–Trinajstić information content (AvgIpc) is 3.54. The van der Waals surface area contributed by atoms with Gasteiger partial charge in [-0.1, -0.05) is 53.2 Å². The molecule has 0 spiro atoms. The molecular weight excluding hydrogens is 543 g/mol. The van der Waals surface area contributed by atoms with Gasteiger partial charge in [0.25, 0.3) is 0 Å². The van der Waals surface area contributed by atoms with Crippen LogP contribution in [0.2, 0.25) is 0 Å². The molecule has 4 fully saturated rings. The number of hydrogen-bond donors (Lipinski definition) is 1. The van der Waals surface area contributed by atoms with E-state index in [2.05, 4.69) is 47.6 Å². The normalized spacial score (nSPS) is 45.8. The molecule has 0 bridgehead atoms. The predicted molar refractivity (Wildman–Crippen MR) is 144 cm³/mol. The number of hydrogen-bond acceptors (Lipinski definition) is 8. The number of aliphatic hydroxyl groups excluding tert-OH is 1. The predicted octanol–water partition coefficient (Wildman–Crippen LogP) is 1.62. The molecule has 0 radical (unpaired) electrons. The number of aliphatic hydroxyl groups is 1. The van der Waals surface area contributed by atoms with Crippen molar-refractivity contribution < 1.29 is 66.1 Å². The number of epoxide rings is 1. The van der Waals surface area contributed by atoms with Crippen molar-refractivity contribution in [3.05, 3.63) is 11.6 Å². The van der Waals surface area contributed by atoms with Crippen molar-refractivity contribution in [2.24, 2.45) is 52.3 Å². The minimum Gasteiger partial charge on any atom is -0.726 e. The van der Waals surface area contributed by atoms with Gasteiger partial charge >= 0.3 is 35.5 Å². The molecule has 40 heavy (non-hydrogen) atoms. The van der Waals surface area contributed by atoms with E-state index in [-0.39, 0.29) is 46.8 Å². The zero-order valence-corrected chi connectivity index (χ0v) is 28.3. The maximum Gasteiger partial charge on any atom is 1.00 e. The van der Waals surface area contributed by atoms with E-state index in [1.54, 1.807) is 0 Å². The molecule has 5 rings (SSSR count). The second kappa shape index (κ2) is 11.5. The van der Waals surface area contributed by atoms with Gasteiger partial charge in [-0.05, 0) is 90.8 Å². The van der Waals surface area contributed by atoms with Crippen molar-refractivity contribution in [2.75, 3.05) is 0 Å². The number of carbonyl (C=O) groups is 1. The quantitative estimate of drug-likeness (QED) is 0.118. The standard InChI is InChI=1S/C30H48O8S.Na/c1-15(2)16(3)26-27(37-26)17(4)20-10-11-21-19-8-9-23-28(38-39(33,34)35)25(32)24(36-18(5)31)14-30(23,7)22(19)12-13-29(20,21)6;/h8,15-17,20-28,32H,9-14H2,1-7H3,(H,33,34,35);/q;+1/p-1/t16-,17+,20-,21+,22+,23?,24-,25+,26+,27+,28+,29-,30-;/m1./s1. The van der Waals surface area contributed by atoms with Crippen molar-refractivity contribution in [2.45, 2.75) is 118 Å². The zero-order chi connectivity index (χ0) is 28.7. The fourth-order valence-electron chi connectivity index (χ4n) is 9.67. The van der Waals surface area contributed by atoms with Crippen LogP contribution in [0.3, 0.4) is 0 Å². The van der Waals surface area contributed by atoms with Crippen LogP contribution in [0.1, 0.15) is 87.0 Å². The first kappa shape index (κ1) is 32.9. The molecule has 0 amide bonds. The Bertz CT molecular complexity index is 1110. The van der Waals surface area contributed by atoms with E-state index in [4.69, 9.17) is 13.7 Å². The van der Waals surface area contributed by atoms with Crippen LogP contribution in [0, 0.1) is 52.3 Å². The molecule has 1 N–H and O–H groups in total. The molecule has 0 aromatic heterocycles. The molecule has 8 nitrogen and oxygen atoms in total. The first-order valence-corrected chi connectivity index (χ1v) is 16.3. The Kier molecular flexibility index (Phi) is 9.45. The van der Waals surface area contributed by atoms with Gasteiger partial charge in [-0.25, -0.2) is 8.42 Å². The number of esters is 1. The van der Waals surface area contributed by atoms with E-state index in [0.717, 1.165) is 19.3 Å². The summed E-state index contributed by atoms with van der Waals surface area (Å²) in [5, 5.41) is 11.0.